The molecule has 0 spiro atoms. The lowest BCUT2D eigenvalue weighted by Crippen LogP contribution is -2.42. The van der Waals surface area contributed by atoms with Crippen LogP contribution < -0.4 is 5.73 Å². The Bertz CT molecular complexity index is 664. The zero-order valence-electron chi connectivity index (χ0n) is 12.7. The molecule has 2 aliphatic heterocycles. The van der Waals surface area contributed by atoms with Crippen LogP contribution in [0.15, 0.2) is 5.16 Å². The number of primary amides is 1. The van der Waals surface area contributed by atoms with E-state index >= 15 is 0 Å². The number of aromatic nitrogens is 2. The normalized spacial score (nSPS) is 20.4. The van der Waals surface area contributed by atoms with Crippen LogP contribution in [0.4, 0.5) is 0 Å². The van der Waals surface area contributed by atoms with E-state index in [1.54, 1.807) is 16.6 Å². The summed E-state index contributed by atoms with van der Waals surface area (Å²) < 4.78 is 1.67. The number of hydrogen-bond acceptors (Lipinski definition) is 5. The van der Waals surface area contributed by atoms with Gasteiger partial charge >= 0.3 is 0 Å². The second-order valence-corrected chi connectivity index (χ2v) is 5.58. The van der Waals surface area contributed by atoms with E-state index in [1.807, 2.05) is 6.92 Å². The van der Waals surface area contributed by atoms with Crippen molar-refractivity contribution in [1.82, 2.24) is 14.7 Å². The van der Waals surface area contributed by atoms with E-state index in [2.05, 4.69) is 10.3 Å². The second-order valence-electron chi connectivity index (χ2n) is 5.58. The van der Waals surface area contributed by atoms with Crippen molar-refractivity contribution in [2.75, 3.05) is 6.54 Å². The molecule has 1 atom stereocenters. The molecular weight excluding hydrogens is 286 g/mol. The molecule has 1 unspecified atom stereocenters. The average molecular weight is 305 g/mol. The number of rotatable bonds is 3. The first-order chi connectivity index (χ1) is 10.5. The van der Waals surface area contributed by atoms with Crippen molar-refractivity contribution in [3.63, 3.8) is 0 Å². The number of carbonyl (C=O) groups excluding carboxylic acids is 2. The minimum Gasteiger partial charge on any atom is -0.382 e. The molecule has 2 aliphatic rings. The van der Waals surface area contributed by atoms with Gasteiger partial charge < -0.3 is 15.5 Å². The van der Waals surface area contributed by atoms with Crippen LogP contribution in [-0.4, -0.2) is 44.9 Å². The van der Waals surface area contributed by atoms with Gasteiger partial charge in [-0.15, -0.1) is 0 Å². The van der Waals surface area contributed by atoms with Gasteiger partial charge in [-0.2, -0.15) is 5.10 Å². The smallest absolute Gasteiger partial charge is 0.269 e. The molecular formula is C14H19N5O3. The molecule has 0 saturated carbocycles. The molecule has 1 aromatic heterocycles. The molecule has 0 saturated heterocycles. The van der Waals surface area contributed by atoms with Crippen LogP contribution in [0.1, 0.15) is 41.5 Å². The quantitative estimate of drug-likeness (QED) is 0.846. The van der Waals surface area contributed by atoms with E-state index in [1.165, 1.54) is 0 Å². The zero-order valence-corrected chi connectivity index (χ0v) is 12.7. The van der Waals surface area contributed by atoms with E-state index in [0.29, 0.717) is 25.9 Å². The van der Waals surface area contributed by atoms with Crippen LogP contribution in [0.5, 0.6) is 0 Å². The largest absolute Gasteiger partial charge is 0.382 e. The number of aryl methyl sites for hydroxylation is 1. The zero-order chi connectivity index (χ0) is 15.9. The third-order valence-corrected chi connectivity index (χ3v) is 4.20. The number of hydrogen-bond donors (Lipinski definition) is 1. The Balaban J connectivity index is 1.77. The molecule has 3 heterocycles. The lowest BCUT2D eigenvalue weighted by Gasteiger charge is -2.28. The SMILES string of the molecule is CCC1=NOC(C(=O)N2CCc3c(c(C(N)=O)nn3C)C2)C1. The van der Waals surface area contributed by atoms with E-state index in [0.717, 1.165) is 23.4 Å². The van der Waals surface area contributed by atoms with Crippen LogP contribution in [0, 0.1) is 0 Å². The average Bonchev–Trinajstić information content (AvgIpc) is 3.11. The Morgan fingerprint density at radius 3 is 2.86 bits per heavy atom. The molecule has 3 rings (SSSR count). The molecule has 0 aromatic carbocycles. The van der Waals surface area contributed by atoms with E-state index in [4.69, 9.17) is 10.6 Å². The summed E-state index contributed by atoms with van der Waals surface area (Å²) in [5.41, 5.74) is 8.21. The Labute approximate surface area is 127 Å². The summed E-state index contributed by atoms with van der Waals surface area (Å²) >= 11 is 0. The molecule has 1 aromatic rings. The molecule has 0 radical (unpaired) electrons. The lowest BCUT2D eigenvalue weighted by atomic mass is 10.0. The van der Waals surface area contributed by atoms with E-state index in [9.17, 15) is 9.59 Å². The van der Waals surface area contributed by atoms with Gasteiger partial charge in [0.25, 0.3) is 11.8 Å². The van der Waals surface area contributed by atoms with Gasteiger partial charge in [0.15, 0.2) is 5.69 Å². The van der Waals surface area contributed by atoms with Gasteiger partial charge in [0.2, 0.25) is 6.10 Å². The number of oxime groups is 1. The minimum atomic E-state index is -0.570. The van der Waals surface area contributed by atoms with E-state index in [-0.39, 0.29) is 11.6 Å². The fourth-order valence-corrected chi connectivity index (χ4v) is 2.95. The van der Waals surface area contributed by atoms with Gasteiger partial charge in [0.1, 0.15) is 0 Å². The first-order valence-corrected chi connectivity index (χ1v) is 7.36. The van der Waals surface area contributed by atoms with Crippen molar-refractivity contribution in [3.8, 4) is 0 Å². The first kappa shape index (κ1) is 14.6. The summed E-state index contributed by atoms with van der Waals surface area (Å²) in [6.45, 7) is 2.89. The predicted octanol–water partition coefficient (Wildman–Crippen LogP) is -0.0414. The summed E-state index contributed by atoms with van der Waals surface area (Å²) in [5.74, 6) is -0.669. The molecule has 0 bridgehead atoms. The Kier molecular flexibility index (Phi) is 3.59. The van der Waals surface area contributed by atoms with Crippen molar-refractivity contribution in [2.24, 2.45) is 17.9 Å². The number of nitrogens with zero attached hydrogens (tertiary/aromatic N) is 4. The second kappa shape index (κ2) is 5.43. The molecule has 0 aliphatic carbocycles. The van der Waals surface area contributed by atoms with Crippen molar-refractivity contribution in [3.05, 3.63) is 17.0 Å². The highest BCUT2D eigenvalue weighted by Crippen LogP contribution is 2.24. The van der Waals surface area contributed by atoms with Gasteiger partial charge in [-0.1, -0.05) is 12.1 Å². The Hall–Kier alpha value is -2.38. The van der Waals surface area contributed by atoms with Crippen molar-refractivity contribution in [2.45, 2.75) is 38.8 Å². The topological polar surface area (TPSA) is 103 Å². The van der Waals surface area contributed by atoms with Gasteiger partial charge in [-0.3, -0.25) is 14.3 Å². The maximum Gasteiger partial charge on any atom is 0.269 e. The summed E-state index contributed by atoms with van der Waals surface area (Å²) in [4.78, 5) is 31.0. The van der Waals surface area contributed by atoms with Gasteiger partial charge in [0, 0.05) is 44.2 Å². The molecule has 118 valence electrons. The third kappa shape index (κ3) is 2.34. The fourth-order valence-electron chi connectivity index (χ4n) is 2.95. The van der Waals surface area contributed by atoms with Crippen LogP contribution in [0.25, 0.3) is 0 Å². The van der Waals surface area contributed by atoms with E-state index < -0.39 is 12.0 Å². The third-order valence-electron chi connectivity index (χ3n) is 4.20. The molecule has 8 nitrogen and oxygen atoms in total. The predicted molar refractivity (Wildman–Crippen MR) is 78.1 cm³/mol. The molecule has 8 heteroatoms. The molecule has 2 amide bonds. The molecule has 2 N–H and O–H groups in total. The highest BCUT2D eigenvalue weighted by molar-refractivity contribution is 5.94. The highest BCUT2D eigenvalue weighted by Gasteiger charge is 2.35. The molecule has 0 fully saturated rings. The van der Waals surface area contributed by atoms with Crippen LogP contribution >= 0.6 is 0 Å². The first-order valence-electron chi connectivity index (χ1n) is 7.36. The number of amides is 2. The summed E-state index contributed by atoms with van der Waals surface area (Å²) in [6.07, 6.45) is 1.41. The van der Waals surface area contributed by atoms with Crippen molar-refractivity contribution >= 4 is 17.5 Å². The van der Waals surface area contributed by atoms with Gasteiger partial charge in [-0.05, 0) is 6.42 Å². The minimum absolute atomic E-state index is 0.0999. The Morgan fingerprint density at radius 1 is 1.45 bits per heavy atom. The van der Waals surface area contributed by atoms with Crippen LogP contribution in [0.3, 0.4) is 0 Å². The van der Waals surface area contributed by atoms with Crippen molar-refractivity contribution < 1.29 is 14.4 Å². The Morgan fingerprint density at radius 2 is 2.23 bits per heavy atom. The summed E-state index contributed by atoms with van der Waals surface area (Å²) in [5, 5.41) is 8.08. The maximum absolute atomic E-state index is 12.5. The highest BCUT2D eigenvalue weighted by atomic mass is 16.6. The number of carbonyl (C=O) groups is 2. The number of nitrogens with two attached hydrogens (primary N) is 1. The van der Waals surface area contributed by atoms with Gasteiger partial charge in [-0.25, -0.2) is 0 Å². The van der Waals surface area contributed by atoms with Crippen LogP contribution in [0.2, 0.25) is 0 Å². The van der Waals surface area contributed by atoms with Gasteiger partial charge in [0.05, 0.1) is 5.71 Å². The monoisotopic (exact) mass is 305 g/mol. The number of fused-ring (bicyclic) bond motifs is 1. The van der Waals surface area contributed by atoms with Crippen molar-refractivity contribution in [1.29, 1.82) is 0 Å². The summed E-state index contributed by atoms with van der Waals surface area (Å²) in [6, 6.07) is 0. The molecule has 22 heavy (non-hydrogen) atoms. The summed E-state index contributed by atoms with van der Waals surface area (Å²) in [7, 11) is 1.78. The maximum atomic E-state index is 12.5. The standard InChI is InChI=1S/C14H19N5O3/c1-3-8-6-11(22-17-8)14(21)19-5-4-10-9(7-19)12(13(15)20)16-18(10)2/h11H,3-7H2,1-2H3,(H2,15,20). The lowest BCUT2D eigenvalue weighted by molar-refractivity contribution is -0.143. The fraction of sp³-hybridized carbons (Fsp3) is 0.571. The van der Waals surface area contributed by atoms with Crippen LogP contribution in [-0.2, 0) is 29.6 Å².